The number of hydrogen-bond donors (Lipinski definition) is 2. The van der Waals surface area contributed by atoms with Gasteiger partial charge in [0.15, 0.2) is 0 Å². The van der Waals surface area contributed by atoms with E-state index in [1.54, 1.807) is 16.8 Å². The highest BCUT2D eigenvalue weighted by atomic mass is 16.6. The van der Waals surface area contributed by atoms with Gasteiger partial charge in [-0.2, -0.15) is 5.10 Å². The molecule has 2 aromatic rings. The zero-order valence-corrected chi connectivity index (χ0v) is 13.8. The Kier molecular flexibility index (Phi) is 6.02. The highest BCUT2D eigenvalue weighted by molar-refractivity contribution is 5.72. The van der Waals surface area contributed by atoms with Gasteiger partial charge in [-0.05, 0) is 25.1 Å². The molecule has 0 aliphatic rings. The molecule has 128 valence electrons. The Morgan fingerprint density at radius 3 is 2.62 bits per heavy atom. The molecule has 0 fully saturated rings. The van der Waals surface area contributed by atoms with E-state index in [9.17, 15) is 14.9 Å². The van der Waals surface area contributed by atoms with E-state index in [1.165, 1.54) is 19.1 Å². The monoisotopic (exact) mass is 331 g/mol. The maximum atomic E-state index is 10.8. The van der Waals surface area contributed by atoms with Crippen LogP contribution < -0.4 is 10.6 Å². The second-order valence-corrected chi connectivity index (χ2v) is 5.49. The highest BCUT2D eigenvalue weighted by Crippen LogP contribution is 2.24. The fourth-order valence-electron chi connectivity index (χ4n) is 2.35. The fourth-order valence-corrected chi connectivity index (χ4v) is 2.35. The van der Waals surface area contributed by atoms with Gasteiger partial charge in [0.25, 0.3) is 5.69 Å². The minimum absolute atomic E-state index is 0.0253. The number of carbonyl (C=O) groups is 1. The predicted octanol–water partition coefficient (Wildman–Crippen LogP) is 1.61. The molecule has 0 aliphatic carbocycles. The molecule has 1 amide bonds. The molecule has 1 heterocycles. The van der Waals surface area contributed by atoms with Crippen LogP contribution in [0.15, 0.2) is 30.5 Å². The van der Waals surface area contributed by atoms with Gasteiger partial charge in [-0.3, -0.25) is 19.6 Å². The van der Waals surface area contributed by atoms with E-state index in [-0.39, 0.29) is 11.6 Å². The Labute approximate surface area is 140 Å². The van der Waals surface area contributed by atoms with Gasteiger partial charge in [0, 0.05) is 56.5 Å². The van der Waals surface area contributed by atoms with Crippen LogP contribution in [0.5, 0.6) is 0 Å². The Hall–Kier alpha value is -2.74. The lowest BCUT2D eigenvalue weighted by Gasteiger charge is -2.06. The molecule has 0 bridgehead atoms. The number of nitrogens with one attached hydrogen (secondary N) is 2. The van der Waals surface area contributed by atoms with Gasteiger partial charge in [-0.15, -0.1) is 0 Å². The smallest absolute Gasteiger partial charge is 0.269 e. The third-order valence-electron chi connectivity index (χ3n) is 3.48. The molecule has 0 saturated heterocycles. The van der Waals surface area contributed by atoms with Crippen LogP contribution in [0.4, 0.5) is 5.69 Å². The summed E-state index contributed by atoms with van der Waals surface area (Å²) in [5.74, 6) is -0.0253. The van der Waals surface area contributed by atoms with Crippen molar-refractivity contribution in [3.8, 4) is 11.3 Å². The van der Waals surface area contributed by atoms with Gasteiger partial charge < -0.3 is 10.6 Å². The zero-order chi connectivity index (χ0) is 17.5. The molecule has 24 heavy (non-hydrogen) atoms. The largest absolute Gasteiger partial charge is 0.356 e. The highest BCUT2D eigenvalue weighted by Gasteiger charge is 2.12. The van der Waals surface area contributed by atoms with Gasteiger partial charge in [0.05, 0.1) is 10.6 Å². The summed E-state index contributed by atoms with van der Waals surface area (Å²) in [7, 11) is 1.84. The zero-order valence-electron chi connectivity index (χ0n) is 13.8. The van der Waals surface area contributed by atoms with Crippen LogP contribution in [0, 0.1) is 10.1 Å². The lowest BCUT2D eigenvalue weighted by Crippen LogP contribution is -2.25. The molecular formula is C16H21N5O3. The number of hydrogen-bond acceptors (Lipinski definition) is 5. The van der Waals surface area contributed by atoms with E-state index in [2.05, 4.69) is 15.7 Å². The van der Waals surface area contributed by atoms with E-state index in [1.807, 2.05) is 13.2 Å². The van der Waals surface area contributed by atoms with Crippen molar-refractivity contribution in [1.82, 2.24) is 20.4 Å². The molecule has 0 saturated carbocycles. The average Bonchev–Trinajstić information content (AvgIpc) is 2.91. The van der Waals surface area contributed by atoms with Crippen LogP contribution >= 0.6 is 0 Å². The van der Waals surface area contributed by atoms with Gasteiger partial charge in [0.1, 0.15) is 0 Å². The number of nitro benzene ring substituents is 1. The quantitative estimate of drug-likeness (QED) is 0.435. The van der Waals surface area contributed by atoms with Gasteiger partial charge in [0.2, 0.25) is 5.91 Å². The number of carbonyl (C=O) groups excluding carboxylic acids is 1. The minimum atomic E-state index is -0.417. The van der Waals surface area contributed by atoms with Crippen molar-refractivity contribution in [3.05, 3.63) is 46.1 Å². The van der Waals surface area contributed by atoms with E-state index >= 15 is 0 Å². The van der Waals surface area contributed by atoms with Crippen LogP contribution in [0.2, 0.25) is 0 Å². The van der Waals surface area contributed by atoms with Crippen molar-refractivity contribution in [3.63, 3.8) is 0 Å². The first-order valence-electron chi connectivity index (χ1n) is 7.70. The Morgan fingerprint density at radius 2 is 2.00 bits per heavy atom. The number of aryl methyl sites for hydroxylation is 1. The summed E-state index contributed by atoms with van der Waals surface area (Å²) in [6.07, 6.45) is 2.77. The number of aromatic nitrogens is 2. The molecule has 0 atom stereocenters. The SMILES string of the molecule is CC(=O)NCCCNCc1cn(C)nc1-c1ccc([N+](=O)[O-])cc1. The normalized spacial score (nSPS) is 10.6. The lowest BCUT2D eigenvalue weighted by molar-refractivity contribution is -0.384. The van der Waals surface area contributed by atoms with Crippen LogP contribution in [-0.4, -0.2) is 33.7 Å². The summed E-state index contributed by atoms with van der Waals surface area (Å²) in [4.78, 5) is 21.1. The molecule has 0 aliphatic heterocycles. The Bertz CT molecular complexity index is 709. The number of rotatable bonds is 8. The molecule has 1 aromatic heterocycles. The van der Waals surface area contributed by atoms with Crippen LogP contribution in [0.1, 0.15) is 18.9 Å². The maximum Gasteiger partial charge on any atom is 0.269 e. The fraction of sp³-hybridized carbons (Fsp3) is 0.375. The second-order valence-electron chi connectivity index (χ2n) is 5.49. The molecule has 0 unspecified atom stereocenters. The Morgan fingerprint density at radius 1 is 1.29 bits per heavy atom. The maximum absolute atomic E-state index is 10.8. The number of amides is 1. The van der Waals surface area contributed by atoms with E-state index in [0.717, 1.165) is 29.8 Å². The minimum Gasteiger partial charge on any atom is -0.356 e. The summed E-state index contributed by atoms with van der Waals surface area (Å²) < 4.78 is 1.73. The molecule has 0 radical (unpaired) electrons. The number of nitro groups is 1. The van der Waals surface area contributed by atoms with Gasteiger partial charge in [-0.25, -0.2) is 0 Å². The van der Waals surface area contributed by atoms with Gasteiger partial charge >= 0.3 is 0 Å². The number of non-ortho nitro benzene ring substituents is 1. The average molecular weight is 331 g/mol. The predicted molar refractivity (Wildman–Crippen MR) is 90.3 cm³/mol. The van der Waals surface area contributed by atoms with Crippen LogP contribution in [0.25, 0.3) is 11.3 Å². The molecule has 0 spiro atoms. The number of nitrogens with zero attached hydrogens (tertiary/aromatic N) is 3. The first-order chi connectivity index (χ1) is 11.5. The molecule has 1 aromatic carbocycles. The Balaban J connectivity index is 1.97. The summed E-state index contributed by atoms with van der Waals surface area (Å²) >= 11 is 0. The summed E-state index contributed by atoms with van der Waals surface area (Å²) in [5.41, 5.74) is 2.73. The van der Waals surface area contributed by atoms with Gasteiger partial charge in [-0.1, -0.05) is 0 Å². The molecule has 2 rings (SSSR count). The standard InChI is InChI=1S/C16H21N5O3/c1-12(22)18-9-3-8-17-10-14-11-20(2)19-16(14)13-4-6-15(7-5-13)21(23)24/h4-7,11,17H,3,8-10H2,1-2H3,(H,18,22). The van der Waals surface area contributed by atoms with Crippen LogP contribution in [0.3, 0.4) is 0 Å². The molecule has 2 N–H and O–H groups in total. The summed E-state index contributed by atoms with van der Waals surface area (Å²) in [6.45, 7) is 3.55. The van der Waals surface area contributed by atoms with Crippen LogP contribution in [-0.2, 0) is 18.4 Å². The van der Waals surface area contributed by atoms with Crippen molar-refractivity contribution in [1.29, 1.82) is 0 Å². The third-order valence-corrected chi connectivity index (χ3v) is 3.48. The topological polar surface area (TPSA) is 102 Å². The molecular weight excluding hydrogens is 310 g/mol. The summed E-state index contributed by atoms with van der Waals surface area (Å²) in [5, 5.41) is 21.2. The molecule has 8 heteroatoms. The van der Waals surface area contributed by atoms with E-state index in [4.69, 9.17) is 0 Å². The number of benzene rings is 1. The molecule has 8 nitrogen and oxygen atoms in total. The lowest BCUT2D eigenvalue weighted by atomic mass is 10.1. The van der Waals surface area contributed by atoms with E-state index < -0.39 is 4.92 Å². The first kappa shape index (κ1) is 17.6. The van der Waals surface area contributed by atoms with E-state index in [0.29, 0.717) is 13.1 Å². The summed E-state index contributed by atoms with van der Waals surface area (Å²) in [6, 6.07) is 6.38. The second kappa shape index (κ2) is 8.21. The third kappa shape index (κ3) is 4.88. The first-order valence-corrected chi connectivity index (χ1v) is 7.70. The van der Waals surface area contributed by atoms with Crippen molar-refractivity contribution in [2.45, 2.75) is 19.9 Å². The van der Waals surface area contributed by atoms with Crippen molar-refractivity contribution >= 4 is 11.6 Å². The van der Waals surface area contributed by atoms with Crippen molar-refractivity contribution in [2.75, 3.05) is 13.1 Å². The van der Waals surface area contributed by atoms with Crippen molar-refractivity contribution in [2.24, 2.45) is 7.05 Å². The van der Waals surface area contributed by atoms with Crippen molar-refractivity contribution < 1.29 is 9.72 Å².